The maximum atomic E-state index is 5.30. The van der Waals surface area contributed by atoms with E-state index in [2.05, 4.69) is 22.4 Å². The Hall–Kier alpha value is -0.770. The van der Waals surface area contributed by atoms with Crippen LogP contribution in [-0.2, 0) is 0 Å². The fraction of sp³-hybridized carbons (Fsp3) is 0.889. The third-order valence-electron chi connectivity index (χ3n) is 2.43. The molecule has 3 N–H and O–H groups in total. The number of unbranched alkanes of at least 4 members (excludes halogenated alkanes) is 1. The third kappa shape index (κ3) is 3.22. The van der Waals surface area contributed by atoms with E-state index in [0.29, 0.717) is 6.04 Å². The quantitative estimate of drug-likeness (QED) is 0.490. The highest BCUT2D eigenvalue weighted by Crippen LogP contribution is 2.10. The highest BCUT2D eigenvalue weighted by molar-refractivity contribution is 5.50. The first kappa shape index (κ1) is 10.3. The van der Waals surface area contributed by atoms with Gasteiger partial charge in [0.1, 0.15) is 6.34 Å². The Morgan fingerprint density at radius 3 is 3.23 bits per heavy atom. The summed E-state index contributed by atoms with van der Waals surface area (Å²) in [5.41, 5.74) is 5.30. The molecule has 1 aliphatic rings. The predicted molar refractivity (Wildman–Crippen MR) is 55.6 cm³/mol. The molecule has 0 aromatic rings. The van der Waals surface area contributed by atoms with Gasteiger partial charge >= 0.3 is 0 Å². The van der Waals surface area contributed by atoms with Gasteiger partial charge in [0.05, 0.1) is 6.04 Å². The van der Waals surface area contributed by atoms with E-state index in [1.54, 1.807) is 0 Å². The van der Waals surface area contributed by atoms with E-state index in [0.717, 1.165) is 19.6 Å². The molecule has 0 radical (unpaired) electrons. The predicted octanol–water partition coefficient (Wildman–Crippen LogP) is 0.352. The molecule has 1 atom stereocenters. The number of hydrogen-bond donors (Lipinski definition) is 2. The Balaban J connectivity index is 2.36. The van der Waals surface area contributed by atoms with Crippen LogP contribution in [0.4, 0.5) is 0 Å². The molecule has 0 aliphatic carbocycles. The van der Waals surface area contributed by atoms with Crippen LogP contribution in [0.25, 0.3) is 0 Å². The summed E-state index contributed by atoms with van der Waals surface area (Å²) >= 11 is 0. The van der Waals surface area contributed by atoms with Crippen molar-refractivity contribution in [3.8, 4) is 0 Å². The van der Waals surface area contributed by atoms with Crippen LogP contribution in [-0.4, -0.2) is 37.0 Å². The summed E-state index contributed by atoms with van der Waals surface area (Å²) < 4.78 is 0. The van der Waals surface area contributed by atoms with Gasteiger partial charge in [-0.15, -0.1) is 0 Å². The van der Waals surface area contributed by atoms with Crippen molar-refractivity contribution in [2.24, 2.45) is 10.8 Å². The molecular formula is C9H20N4. The number of hydrazone groups is 1. The molecule has 4 nitrogen and oxygen atoms in total. The van der Waals surface area contributed by atoms with Gasteiger partial charge in [-0.1, -0.05) is 19.8 Å². The van der Waals surface area contributed by atoms with Crippen molar-refractivity contribution < 1.29 is 0 Å². The molecule has 0 spiro atoms. The monoisotopic (exact) mass is 184 g/mol. The van der Waals surface area contributed by atoms with Gasteiger partial charge in [-0.25, -0.2) is 0 Å². The number of nitrogens with zero attached hydrogens (tertiary/aromatic N) is 2. The van der Waals surface area contributed by atoms with Crippen LogP contribution in [0.1, 0.15) is 26.2 Å². The maximum absolute atomic E-state index is 5.30. The minimum absolute atomic E-state index is 0.536. The molecule has 76 valence electrons. The zero-order chi connectivity index (χ0) is 9.52. The van der Waals surface area contributed by atoms with Crippen LogP contribution in [0, 0.1) is 0 Å². The van der Waals surface area contributed by atoms with Gasteiger partial charge in [-0.2, -0.15) is 5.10 Å². The van der Waals surface area contributed by atoms with Crippen molar-refractivity contribution in [1.82, 2.24) is 10.3 Å². The van der Waals surface area contributed by atoms with Crippen molar-refractivity contribution in [3.05, 3.63) is 0 Å². The Morgan fingerprint density at radius 1 is 1.69 bits per heavy atom. The second-order valence-corrected chi connectivity index (χ2v) is 3.43. The van der Waals surface area contributed by atoms with Crippen LogP contribution < -0.4 is 11.1 Å². The molecule has 0 saturated carbocycles. The lowest BCUT2D eigenvalue weighted by Gasteiger charge is -2.33. The van der Waals surface area contributed by atoms with Gasteiger partial charge in [0.2, 0.25) is 0 Å². The Kier molecular flexibility index (Phi) is 4.60. The highest BCUT2D eigenvalue weighted by atomic mass is 15.5. The fourth-order valence-corrected chi connectivity index (χ4v) is 1.68. The average molecular weight is 184 g/mol. The van der Waals surface area contributed by atoms with Gasteiger partial charge in [0, 0.05) is 19.6 Å². The van der Waals surface area contributed by atoms with Crippen molar-refractivity contribution >= 4 is 6.34 Å². The van der Waals surface area contributed by atoms with Gasteiger partial charge in [0.15, 0.2) is 0 Å². The van der Waals surface area contributed by atoms with E-state index in [1.165, 1.54) is 25.6 Å². The third-order valence-corrected chi connectivity index (χ3v) is 2.43. The largest absolute Gasteiger partial charge is 0.388 e. The first-order valence-electron chi connectivity index (χ1n) is 5.10. The molecule has 1 saturated heterocycles. The first-order chi connectivity index (χ1) is 6.38. The maximum Gasteiger partial charge on any atom is 0.106 e. The minimum Gasteiger partial charge on any atom is -0.388 e. The summed E-state index contributed by atoms with van der Waals surface area (Å²) in [4.78, 5) is 0. The lowest BCUT2D eigenvalue weighted by molar-refractivity contribution is 0.158. The molecule has 0 aromatic heterocycles. The molecule has 4 heteroatoms. The van der Waals surface area contributed by atoms with E-state index in [9.17, 15) is 0 Å². The van der Waals surface area contributed by atoms with E-state index in [-0.39, 0.29) is 0 Å². The number of nitrogens with one attached hydrogen (secondary N) is 1. The normalized spacial score (nSPS) is 24.1. The van der Waals surface area contributed by atoms with Crippen molar-refractivity contribution in [1.29, 1.82) is 0 Å². The van der Waals surface area contributed by atoms with Crippen LogP contribution in [0.2, 0.25) is 0 Å². The zero-order valence-electron chi connectivity index (χ0n) is 8.37. The number of nitrogens with two attached hydrogens (primary N) is 1. The molecule has 13 heavy (non-hydrogen) atoms. The average Bonchev–Trinajstić information content (AvgIpc) is 2.17. The summed E-state index contributed by atoms with van der Waals surface area (Å²) in [6, 6.07) is 0.536. The number of rotatable bonds is 4. The van der Waals surface area contributed by atoms with Gasteiger partial charge in [-0.05, 0) is 6.42 Å². The molecule has 1 unspecified atom stereocenters. The standard InChI is InChI=1S/C9H20N4/c1-2-3-4-9-7-11-5-6-13(9)12-8-10/h8-9,11H,2-7H2,1H3,(H2,10,12). The van der Waals surface area contributed by atoms with Crippen LogP contribution in [0.15, 0.2) is 5.10 Å². The van der Waals surface area contributed by atoms with E-state index >= 15 is 0 Å². The second kappa shape index (κ2) is 5.80. The Bertz CT molecular complexity index is 158. The van der Waals surface area contributed by atoms with Crippen LogP contribution in [0.5, 0.6) is 0 Å². The number of hydrogen-bond acceptors (Lipinski definition) is 3. The lowest BCUT2D eigenvalue weighted by Crippen LogP contribution is -2.48. The fourth-order valence-electron chi connectivity index (χ4n) is 1.68. The molecule has 0 amide bonds. The molecule has 1 aliphatic heterocycles. The number of piperazine rings is 1. The Labute approximate surface area is 80.2 Å². The molecule has 1 heterocycles. The van der Waals surface area contributed by atoms with E-state index < -0.39 is 0 Å². The van der Waals surface area contributed by atoms with Gasteiger partial charge in [-0.3, -0.25) is 5.01 Å². The summed E-state index contributed by atoms with van der Waals surface area (Å²) in [6.07, 6.45) is 5.12. The zero-order valence-corrected chi connectivity index (χ0v) is 8.37. The molecule has 0 bridgehead atoms. The molecule has 1 fully saturated rings. The van der Waals surface area contributed by atoms with Crippen molar-refractivity contribution in [2.75, 3.05) is 19.6 Å². The lowest BCUT2D eigenvalue weighted by atomic mass is 10.1. The topological polar surface area (TPSA) is 53.6 Å². The SMILES string of the molecule is CCCCC1CNCCN1N=CN. The van der Waals surface area contributed by atoms with Crippen molar-refractivity contribution in [2.45, 2.75) is 32.2 Å². The summed E-state index contributed by atoms with van der Waals surface area (Å²) in [7, 11) is 0. The van der Waals surface area contributed by atoms with Gasteiger partial charge in [0.25, 0.3) is 0 Å². The van der Waals surface area contributed by atoms with E-state index in [1.807, 2.05) is 0 Å². The van der Waals surface area contributed by atoms with Crippen molar-refractivity contribution in [3.63, 3.8) is 0 Å². The summed E-state index contributed by atoms with van der Waals surface area (Å²) in [5, 5.41) is 9.64. The van der Waals surface area contributed by atoms with Crippen LogP contribution in [0.3, 0.4) is 0 Å². The second-order valence-electron chi connectivity index (χ2n) is 3.43. The molecule has 0 aromatic carbocycles. The minimum atomic E-state index is 0.536. The highest BCUT2D eigenvalue weighted by Gasteiger charge is 2.19. The smallest absolute Gasteiger partial charge is 0.106 e. The van der Waals surface area contributed by atoms with Crippen LogP contribution >= 0.6 is 0 Å². The Morgan fingerprint density at radius 2 is 2.54 bits per heavy atom. The molecule has 1 rings (SSSR count). The summed E-state index contributed by atoms with van der Waals surface area (Å²) in [5.74, 6) is 0. The molecular weight excluding hydrogens is 164 g/mol. The van der Waals surface area contributed by atoms with E-state index in [4.69, 9.17) is 5.73 Å². The first-order valence-corrected chi connectivity index (χ1v) is 5.10. The summed E-state index contributed by atoms with van der Waals surface area (Å²) in [6.45, 7) is 5.24. The van der Waals surface area contributed by atoms with Gasteiger partial charge < -0.3 is 11.1 Å².